The summed E-state index contributed by atoms with van der Waals surface area (Å²) in [4.78, 5) is 22.5. The maximum Gasteiger partial charge on any atom is 0.311 e. The Morgan fingerprint density at radius 3 is 2.16 bits per heavy atom. The van der Waals surface area contributed by atoms with Crippen LogP contribution in [0.5, 0.6) is 0 Å². The van der Waals surface area contributed by atoms with E-state index in [2.05, 4.69) is 12.2 Å². The number of carboxylic acids is 1. The number of carbonyl (C=O) groups excluding carboxylic acids is 1. The van der Waals surface area contributed by atoms with Crippen LogP contribution in [0.2, 0.25) is 0 Å². The zero-order valence-corrected chi connectivity index (χ0v) is 12.0. The lowest BCUT2D eigenvalue weighted by Gasteiger charge is -2.10. The van der Waals surface area contributed by atoms with Crippen molar-refractivity contribution in [1.82, 2.24) is 5.32 Å². The monoisotopic (exact) mass is 269 g/mol. The van der Waals surface area contributed by atoms with Crippen LogP contribution in [0.4, 0.5) is 0 Å². The second-order valence-electron chi connectivity index (χ2n) is 5.73. The van der Waals surface area contributed by atoms with Gasteiger partial charge in [0.15, 0.2) is 0 Å². The van der Waals surface area contributed by atoms with Crippen molar-refractivity contribution in [1.29, 1.82) is 0 Å². The molecule has 1 saturated carbocycles. The molecule has 0 unspecified atom stereocenters. The van der Waals surface area contributed by atoms with Gasteiger partial charge in [0, 0.05) is 13.0 Å². The largest absolute Gasteiger partial charge is 0.481 e. The first-order valence-corrected chi connectivity index (χ1v) is 7.61. The predicted molar refractivity (Wildman–Crippen MR) is 74.9 cm³/mol. The van der Waals surface area contributed by atoms with Crippen LogP contribution in [0.1, 0.15) is 71.1 Å². The quantitative estimate of drug-likeness (QED) is 0.566. The second kappa shape index (κ2) is 8.18. The second-order valence-corrected chi connectivity index (χ2v) is 5.73. The number of amides is 1. The Kier molecular flexibility index (Phi) is 6.89. The summed E-state index contributed by atoms with van der Waals surface area (Å²) in [6.07, 6.45) is 10.3. The van der Waals surface area contributed by atoms with Crippen molar-refractivity contribution >= 4 is 11.9 Å². The zero-order valence-electron chi connectivity index (χ0n) is 12.0. The van der Waals surface area contributed by atoms with Crippen molar-refractivity contribution in [2.24, 2.45) is 5.41 Å². The van der Waals surface area contributed by atoms with Gasteiger partial charge in [0.05, 0.1) is 5.41 Å². The molecule has 0 aromatic carbocycles. The summed E-state index contributed by atoms with van der Waals surface area (Å²) in [6, 6.07) is 0. The van der Waals surface area contributed by atoms with Gasteiger partial charge < -0.3 is 10.4 Å². The fraction of sp³-hybridized carbons (Fsp3) is 0.867. The fourth-order valence-corrected chi connectivity index (χ4v) is 2.22. The molecular formula is C15H27NO3. The summed E-state index contributed by atoms with van der Waals surface area (Å²) < 4.78 is 0. The molecule has 2 N–H and O–H groups in total. The Labute approximate surface area is 116 Å². The molecule has 0 aromatic heterocycles. The number of hydrogen-bond acceptors (Lipinski definition) is 2. The molecule has 1 aliphatic rings. The van der Waals surface area contributed by atoms with Gasteiger partial charge >= 0.3 is 5.97 Å². The molecular weight excluding hydrogens is 242 g/mol. The van der Waals surface area contributed by atoms with Gasteiger partial charge in [0.1, 0.15) is 0 Å². The average molecular weight is 269 g/mol. The first-order valence-electron chi connectivity index (χ1n) is 7.61. The minimum atomic E-state index is -0.774. The van der Waals surface area contributed by atoms with Crippen molar-refractivity contribution < 1.29 is 14.7 Å². The van der Waals surface area contributed by atoms with Gasteiger partial charge in [-0.3, -0.25) is 9.59 Å². The number of nitrogens with one attached hydrogen (secondary N) is 1. The molecule has 0 atom stereocenters. The van der Waals surface area contributed by atoms with Crippen molar-refractivity contribution in [3.05, 3.63) is 0 Å². The van der Waals surface area contributed by atoms with Crippen LogP contribution in [0, 0.1) is 5.41 Å². The van der Waals surface area contributed by atoms with Crippen molar-refractivity contribution in [2.45, 2.75) is 71.1 Å². The zero-order chi connectivity index (χ0) is 14.1. The van der Waals surface area contributed by atoms with E-state index in [4.69, 9.17) is 5.11 Å². The summed E-state index contributed by atoms with van der Waals surface area (Å²) in [7, 11) is 0. The molecule has 1 fully saturated rings. The van der Waals surface area contributed by atoms with Gasteiger partial charge in [0.25, 0.3) is 0 Å². The lowest BCUT2D eigenvalue weighted by atomic mass is 10.1. The Hall–Kier alpha value is -1.06. The predicted octanol–water partition coefficient (Wildman–Crippen LogP) is 3.11. The van der Waals surface area contributed by atoms with Gasteiger partial charge in [-0.2, -0.15) is 0 Å². The summed E-state index contributed by atoms with van der Waals surface area (Å²) in [6.45, 7) is 2.51. The molecule has 0 radical (unpaired) electrons. The van der Waals surface area contributed by atoms with Crippen LogP contribution in [-0.2, 0) is 9.59 Å². The SMILES string of the molecule is CCCCCCCCCC(=O)NCC1(C(=O)O)CC1. The molecule has 0 bridgehead atoms. The van der Waals surface area contributed by atoms with E-state index in [0.717, 1.165) is 12.8 Å². The number of hydrogen-bond donors (Lipinski definition) is 2. The Morgan fingerprint density at radius 2 is 1.63 bits per heavy atom. The van der Waals surface area contributed by atoms with E-state index in [1.807, 2.05) is 0 Å². The summed E-state index contributed by atoms with van der Waals surface area (Å²) >= 11 is 0. The van der Waals surface area contributed by atoms with Crippen LogP contribution in [0.3, 0.4) is 0 Å². The molecule has 4 heteroatoms. The van der Waals surface area contributed by atoms with Crippen LogP contribution < -0.4 is 5.32 Å². The van der Waals surface area contributed by atoms with E-state index in [1.54, 1.807) is 0 Å². The van der Waals surface area contributed by atoms with E-state index in [-0.39, 0.29) is 5.91 Å². The molecule has 0 spiro atoms. The highest BCUT2D eigenvalue weighted by Gasteiger charge is 2.50. The van der Waals surface area contributed by atoms with Gasteiger partial charge in [-0.05, 0) is 19.3 Å². The number of aliphatic carboxylic acids is 1. The van der Waals surface area contributed by atoms with Crippen LogP contribution in [-0.4, -0.2) is 23.5 Å². The Bertz CT molecular complexity index is 298. The highest BCUT2D eigenvalue weighted by molar-refractivity contribution is 5.80. The molecule has 1 rings (SSSR count). The molecule has 110 valence electrons. The number of carboxylic acid groups (broad SMARTS) is 1. The van der Waals surface area contributed by atoms with Gasteiger partial charge in [0.2, 0.25) is 5.91 Å². The van der Waals surface area contributed by atoms with Crippen LogP contribution >= 0.6 is 0 Å². The standard InChI is InChI=1S/C15H27NO3/c1-2-3-4-5-6-7-8-9-13(17)16-12-15(10-11-15)14(18)19/h2-12H2,1H3,(H,16,17)(H,18,19). The minimum absolute atomic E-state index is 0.00100. The molecule has 0 aliphatic heterocycles. The number of rotatable bonds is 11. The summed E-state index contributed by atoms with van der Waals surface area (Å²) in [5.41, 5.74) is -0.643. The smallest absolute Gasteiger partial charge is 0.311 e. The Balaban J connectivity index is 1.95. The molecule has 1 aliphatic carbocycles. The van der Waals surface area contributed by atoms with Gasteiger partial charge in [-0.1, -0.05) is 45.4 Å². The van der Waals surface area contributed by atoms with Crippen LogP contribution in [0.15, 0.2) is 0 Å². The molecule has 0 aromatic rings. The third kappa shape index (κ3) is 6.08. The minimum Gasteiger partial charge on any atom is -0.481 e. The maximum atomic E-state index is 11.6. The summed E-state index contributed by atoms with van der Waals surface area (Å²) in [5.74, 6) is -0.773. The van der Waals surface area contributed by atoms with E-state index >= 15 is 0 Å². The van der Waals surface area contributed by atoms with Gasteiger partial charge in [-0.25, -0.2) is 0 Å². The highest BCUT2D eigenvalue weighted by atomic mass is 16.4. The van der Waals surface area contributed by atoms with E-state index < -0.39 is 11.4 Å². The molecule has 0 saturated heterocycles. The van der Waals surface area contributed by atoms with Crippen LogP contribution in [0.25, 0.3) is 0 Å². The number of unbranched alkanes of at least 4 members (excludes halogenated alkanes) is 6. The maximum absolute atomic E-state index is 11.6. The van der Waals surface area contributed by atoms with E-state index in [9.17, 15) is 9.59 Å². The average Bonchev–Trinajstić information content (AvgIpc) is 3.16. The van der Waals surface area contributed by atoms with Crippen molar-refractivity contribution in [3.63, 3.8) is 0 Å². The number of carbonyl (C=O) groups is 2. The molecule has 19 heavy (non-hydrogen) atoms. The lowest BCUT2D eigenvalue weighted by Crippen LogP contribution is -2.34. The first-order chi connectivity index (χ1) is 9.10. The molecule has 1 amide bonds. The topological polar surface area (TPSA) is 66.4 Å². The Morgan fingerprint density at radius 1 is 1.05 bits per heavy atom. The third-order valence-electron chi connectivity index (χ3n) is 3.94. The fourth-order valence-electron chi connectivity index (χ4n) is 2.22. The lowest BCUT2D eigenvalue weighted by molar-refractivity contribution is -0.143. The first kappa shape index (κ1) is 16.0. The van der Waals surface area contributed by atoms with Crippen molar-refractivity contribution in [3.8, 4) is 0 Å². The van der Waals surface area contributed by atoms with E-state index in [1.165, 1.54) is 32.1 Å². The van der Waals surface area contributed by atoms with Crippen molar-refractivity contribution in [2.75, 3.05) is 6.54 Å². The van der Waals surface area contributed by atoms with Gasteiger partial charge in [-0.15, -0.1) is 0 Å². The van der Waals surface area contributed by atoms with E-state index in [0.29, 0.717) is 25.8 Å². The molecule has 4 nitrogen and oxygen atoms in total. The third-order valence-corrected chi connectivity index (χ3v) is 3.94. The summed E-state index contributed by atoms with van der Waals surface area (Å²) in [5, 5.41) is 11.7. The normalized spacial score (nSPS) is 16.1. The highest BCUT2D eigenvalue weighted by Crippen LogP contribution is 2.45. The molecule has 0 heterocycles.